The number of benzene rings is 2. The van der Waals surface area contributed by atoms with Crippen LogP contribution >= 0.6 is 0 Å². The molecule has 0 aliphatic carbocycles. The van der Waals surface area contributed by atoms with Crippen LogP contribution in [0.3, 0.4) is 0 Å². The average Bonchev–Trinajstić information content (AvgIpc) is 2.76. The summed E-state index contributed by atoms with van der Waals surface area (Å²) in [6.45, 7) is 3.33. The van der Waals surface area contributed by atoms with Crippen LogP contribution in [-0.2, 0) is 12.8 Å². The molecular weight excluding hydrogens is 369 g/mol. The van der Waals surface area contributed by atoms with Crippen molar-refractivity contribution in [3.8, 4) is 17.2 Å². The van der Waals surface area contributed by atoms with E-state index < -0.39 is 0 Å². The summed E-state index contributed by atoms with van der Waals surface area (Å²) in [5.74, 6) is 2.33. The Morgan fingerprint density at radius 3 is 2.07 bits per heavy atom. The van der Waals surface area contributed by atoms with Crippen LogP contribution in [-0.4, -0.2) is 45.9 Å². The van der Waals surface area contributed by atoms with E-state index >= 15 is 0 Å². The topological polar surface area (TPSA) is 30.9 Å². The number of halogens is 1. The van der Waals surface area contributed by atoms with Gasteiger partial charge in [0.25, 0.3) is 0 Å². The first-order valence-corrected chi connectivity index (χ1v) is 10.4. The highest BCUT2D eigenvalue weighted by Crippen LogP contribution is 2.28. The van der Waals surface area contributed by atoms with Crippen LogP contribution in [0.25, 0.3) is 0 Å². The summed E-state index contributed by atoms with van der Waals surface area (Å²) < 4.78 is 29.5. The van der Waals surface area contributed by atoms with Gasteiger partial charge in [0.05, 0.1) is 21.3 Å². The number of ether oxygens (including phenoxy) is 3. The van der Waals surface area contributed by atoms with E-state index in [0.717, 1.165) is 61.9 Å². The average molecular weight is 402 g/mol. The number of hydrogen-bond acceptors (Lipinski definition) is 4. The molecule has 0 saturated carbocycles. The largest absolute Gasteiger partial charge is 0.494 e. The third-order valence-corrected chi connectivity index (χ3v) is 5.93. The van der Waals surface area contributed by atoms with E-state index in [9.17, 15) is 4.39 Å². The lowest BCUT2D eigenvalue weighted by atomic mass is 9.90. The van der Waals surface area contributed by atoms with Crippen molar-refractivity contribution in [3.63, 3.8) is 0 Å². The maximum Gasteiger partial charge on any atom is 0.165 e. The van der Waals surface area contributed by atoms with E-state index in [1.54, 1.807) is 26.4 Å². The summed E-state index contributed by atoms with van der Waals surface area (Å²) in [6, 6.07) is 11.5. The predicted octanol–water partition coefficient (Wildman–Crippen LogP) is 4.74. The van der Waals surface area contributed by atoms with E-state index in [0.29, 0.717) is 5.75 Å². The second-order valence-electron chi connectivity index (χ2n) is 7.73. The Kier molecular flexibility index (Phi) is 7.76. The molecular formula is C24H32FNO3. The van der Waals surface area contributed by atoms with Crippen molar-refractivity contribution in [1.29, 1.82) is 0 Å². The van der Waals surface area contributed by atoms with Gasteiger partial charge >= 0.3 is 0 Å². The molecule has 1 aliphatic heterocycles. The number of methoxy groups -OCH3 is 3. The summed E-state index contributed by atoms with van der Waals surface area (Å²) in [6.07, 6.45) is 5.48. The van der Waals surface area contributed by atoms with Crippen LogP contribution in [0.5, 0.6) is 17.2 Å². The van der Waals surface area contributed by atoms with Crippen molar-refractivity contribution in [1.82, 2.24) is 4.90 Å². The highest BCUT2D eigenvalue weighted by molar-refractivity contribution is 5.43. The smallest absolute Gasteiger partial charge is 0.165 e. The van der Waals surface area contributed by atoms with Crippen molar-refractivity contribution < 1.29 is 18.6 Å². The quantitative estimate of drug-likeness (QED) is 0.607. The highest BCUT2D eigenvalue weighted by Gasteiger charge is 2.19. The van der Waals surface area contributed by atoms with Crippen molar-refractivity contribution in [2.24, 2.45) is 5.92 Å². The molecule has 2 aromatic carbocycles. The minimum absolute atomic E-state index is 0.269. The SMILES string of the molecule is COc1ccc(CCC2CCN(CCc3ccc(OC)c(OC)c3)CC2)cc1F. The molecule has 0 N–H and O–H groups in total. The lowest BCUT2D eigenvalue weighted by Crippen LogP contribution is -2.35. The van der Waals surface area contributed by atoms with Gasteiger partial charge in [-0.25, -0.2) is 4.39 Å². The van der Waals surface area contributed by atoms with E-state index in [2.05, 4.69) is 17.0 Å². The summed E-state index contributed by atoms with van der Waals surface area (Å²) in [5, 5.41) is 0. The Hall–Kier alpha value is -2.27. The zero-order chi connectivity index (χ0) is 20.6. The third kappa shape index (κ3) is 5.86. The maximum atomic E-state index is 13.8. The second-order valence-corrected chi connectivity index (χ2v) is 7.73. The summed E-state index contributed by atoms with van der Waals surface area (Å²) >= 11 is 0. The van der Waals surface area contributed by atoms with Crippen molar-refractivity contribution in [2.75, 3.05) is 41.0 Å². The number of hydrogen-bond donors (Lipinski definition) is 0. The van der Waals surface area contributed by atoms with Gasteiger partial charge < -0.3 is 19.1 Å². The molecule has 1 saturated heterocycles. The molecule has 0 radical (unpaired) electrons. The Morgan fingerprint density at radius 1 is 0.828 bits per heavy atom. The lowest BCUT2D eigenvalue weighted by Gasteiger charge is -2.32. The van der Waals surface area contributed by atoms with Crippen LogP contribution in [0, 0.1) is 11.7 Å². The molecule has 1 aliphatic rings. The predicted molar refractivity (Wildman–Crippen MR) is 114 cm³/mol. The van der Waals surface area contributed by atoms with Crippen molar-refractivity contribution in [2.45, 2.75) is 32.1 Å². The molecule has 0 amide bonds. The van der Waals surface area contributed by atoms with Gasteiger partial charge in [-0.05, 0) is 86.5 Å². The van der Waals surface area contributed by atoms with Crippen LogP contribution in [0.4, 0.5) is 4.39 Å². The summed E-state index contributed by atoms with van der Waals surface area (Å²) in [7, 11) is 4.83. The van der Waals surface area contributed by atoms with Gasteiger partial charge in [-0.1, -0.05) is 12.1 Å². The summed E-state index contributed by atoms with van der Waals surface area (Å²) in [4.78, 5) is 2.54. The minimum Gasteiger partial charge on any atom is -0.494 e. The first kappa shape index (κ1) is 21.4. The Bertz CT molecular complexity index is 788. The molecule has 1 heterocycles. The van der Waals surface area contributed by atoms with E-state index in [-0.39, 0.29) is 5.82 Å². The van der Waals surface area contributed by atoms with Crippen LogP contribution in [0.1, 0.15) is 30.4 Å². The number of aryl methyl sites for hydroxylation is 1. The van der Waals surface area contributed by atoms with Gasteiger partial charge in [0.2, 0.25) is 0 Å². The van der Waals surface area contributed by atoms with Crippen LogP contribution < -0.4 is 14.2 Å². The number of nitrogens with zero attached hydrogens (tertiary/aromatic N) is 1. The van der Waals surface area contributed by atoms with Gasteiger partial charge in [-0.3, -0.25) is 0 Å². The molecule has 1 fully saturated rings. The first-order chi connectivity index (χ1) is 14.1. The molecule has 2 aromatic rings. The van der Waals surface area contributed by atoms with Gasteiger partial charge in [-0.15, -0.1) is 0 Å². The lowest BCUT2D eigenvalue weighted by molar-refractivity contribution is 0.181. The van der Waals surface area contributed by atoms with Gasteiger partial charge in [0, 0.05) is 6.54 Å². The van der Waals surface area contributed by atoms with Crippen molar-refractivity contribution in [3.05, 3.63) is 53.3 Å². The van der Waals surface area contributed by atoms with Crippen LogP contribution in [0.2, 0.25) is 0 Å². The van der Waals surface area contributed by atoms with Gasteiger partial charge in [0.15, 0.2) is 23.1 Å². The highest BCUT2D eigenvalue weighted by atomic mass is 19.1. The number of piperidine rings is 1. The fourth-order valence-corrected chi connectivity index (χ4v) is 4.06. The molecule has 4 nitrogen and oxygen atoms in total. The monoisotopic (exact) mass is 401 g/mol. The molecule has 0 atom stereocenters. The molecule has 5 heteroatoms. The molecule has 158 valence electrons. The minimum atomic E-state index is -0.269. The van der Waals surface area contributed by atoms with Gasteiger partial charge in [-0.2, -0.15) is 0 Å². The number of likely N-dealkylation sites (tertiary alicyclic amines) is 1. The van der Waals surface area contributed by atoms with Gasteiger partial charge in [0.1, 0.15) is 0 Å². The molecule has 3 rings (SSSR count). The fraction of sp³-hybridized carbons (Fsp3) is 0.500. The molecule has 29 heavy (non-hydrogen) atoms. The molecule has 0 unspecified atom stereocenters. The molecule has 0 bridgehead atoms. The van der Waals surface area contributed by atoms with Crippen LogP contribution in [0.15, 0.2) is 36.4 Å². The number of rotatable bonds is 9. The molecule has 0 aromatic heterocycles. The Morgan fingerprint density at radius 2 is 1.45 bits per heavy atom. The zero-order valence-corrected chi connectivity index (χ0v) is 17.7. The zero-order valence-electron chi connectivity index (χ0n) is 17.7. The first-order valence-electron chi connectivity index (χ1n) is 10.4. The van der Waals surface area contributed by atoms with E-state index in [1.165, 1.54) is 25.5 Å². The standard InChI is InChI=1S/C24H32FNO3/c1-27-22-8-6-19(16-21(22)25)5-4-18-10-13-26(14-11-18)15-12-20-7-9-23(28-2)24(17-20)29-3/h6-9,16-18H,4-5,10-15H2,1-3H3. The Balaban J connectivity index is 1.41. The summed E-state index contributed by atoms with van der Waals surface area (Å²) in [5.41, 5.74) is 2.32. The second kappa shape index (κ2) is 10.5. The maximum absolute atomic E-state index is 13.8. The van der Waals surface area contributed by atoms with Crippen molar-refractivity contribution >= 4 is 0 Å². The van der Waals surface area contributed by atoms with E-state index in [4.69, 9.17) is 14.2 Å². The normalized spacial score (nSPS) is 15.3. The third-order valence-electron chi connectivity index (χ3n) is 5.93. The Labute approximate surface area is 173 Å². The molecule has 0 spiro atoms. The van der Waals surface area contributed by atoms with E-state index in [1.807, 2.05) is 12.1 Å². The fourth-order valence-electron chi connectivity index (χ4n) is 4.06.